The second-order valence-electron chi connectivity index (χ2n) is 7.51. The summed E-state index contributed by atoms with van der Waals surface area (Å²) in [7, 11) is -1.46. The van der Waals surface area contributed by atoms with Gasteiger partial charge in [0.15, 0.2) is 0 Å². The molecule has 2 saturated heterocycles. The Balaban J connectivity index is 1.42. The molecular formula is C15H25N3O4S. The smallest absolute Gasteiger partial charge is 0.239 e. The monoisotopic (exact) mass is 343 g/mol. The zero-order chi connectivity index (χ0) is 16.2. The van der Waals surface area contributed by atoms with Crippen LogP contribution in [-0.4, -0.2) is 80.3 Å². The summed E-state index contributed by atoms with van der Waals surface area (Å²) in [5, 5.41) is 2.55. The minimum atomic E-state index is -3.11. The average Bonchev–Trinajstić information content (AvgIpc) is 3.35. The van der Waals surface area contributed by atoms with Crippen LogP contribution in [-0.2, 0) is 19.6 Å². The quantitative estimate of drug-likeness (QED) is 0.720. The summed E-state index contributed by atoms with van der Waals surface area (Å²) in [6.45, 7) is 2.79. The van der Waals surface area contributed by atoms with Crippen molar-refractivity contribution in [1.29, 1.82) is 0 Å². The largest absolute Gasteiger partial charge is 0.369 e. The Morgan fingerprint density at radius 3 is 2.48 bits per heavy atom. The van der Waals surface area contributed by atoms with Crippen LogP contribution in [0.3, 0.4) is 0 Å². The van der Waals surface area contributed by atoms with Gasteiger partial charge in [-0.15, -0.1) is 0 Å². The van der Waals surface area contributed by atoms with E-state index in [1.807, 2.05) is 0 Å². The van der Waals surface area contributed by atoms with Crippen molar-refractivity contribution in [1.82, 2.24) is 14.5 Å². The zero-order valence-corrected chi connectivity index (χ0v) is 14.3. The Kier molecular flexibility index (Phi) is 3.71. The number of amides is 1. The van der Waals surface area contributed by atoms with E-state index in [0.29, 0.717) is 32.2 Å². The van der Waals surface area contributed by atoms with Gasteiger partial charge in [0.25, 0.3) is 0 Å². The van der Waals surface area contributed by atoms with Crippen LogP contribution in [0.25, 0.3) is 0 Å². The fourth-order valence-corrected chi connectivity index (χ4v) is 5.65. The predicted octanol–water partition coefficient (Wildman–Crippen LogP) is -0.610. The van der Waals surface area contributed by atoms with Gasteiger partial charge in [0, 0.05) is 33.2 Å². The van der Waals surface area contributed by atoms with Gasteiger partial charge in [0.2, 0.25) is 15.9 Å². The molecule has 4 aliphatic rings. The van der Waals surface area contributed by atoms with Crippen LogP contribution < -0.4 is 5.32 Å². The molecule has 0 aromatic carbocycles. The van der Waals surface area contributed by atoms with Gasteiger partial charge < -0.3 is 10.1 Å². The van der Waals surface area contributed by atoms with Crippen LogP contribution >= 0.6 is 0 Å². The highest BCUT2D eigenvalue weighted by molar-refractivity contribution is 7.90. The lowest BCUT2D eigenvalue weighted by Crippen LogP contribution is -2.73. The number of morpholine rings is 1. The number of hydrogen-bond donors (Lipinski definition) is 1. The normalized spacial score (nSPS) is 31.8. The SMILES string of the molecule is CNC(=O)C1COC2(CN1CC1CC1)CN(S(=O)(=O)C1CC1)C2. The molecule has 1 atom stereocenters. The molecule has 2 aliphatic carbocycles. The van der Waals surface area contributed by atoms with Crippen molar-refractivity contribution < 1.29 is 17.9 Å². The molecule has 8 heteroatoms. The maximum Gasteiger partial charge on any atom is 0.239 e. The Morgan fingerprint density at radius 2 is 1.91 bits per heavy atom. The van der Waals surface area contributed by atoms with Gasteiger partial charge in [-0.1, -0.05) is 0 Å². The summed E-state index contributed by atoms with van der Waals surface area (Å²) >= 11 is 0. The molecule has 0 aromatic rings. The summed E-state index contributed by atoms with van der Waals surface area (Å²) in [6.07, 6.45) is 4.04. The van der Waals surface area contributed by atoms with Crippen LogP contribution in [0.5, 0.6) is 0 Å². The van der Waals surface area contributed by atoms with Crippen molar-refractivity contribution in [2.75, 3.05) is 39.8 Å². The highest BCUT2D eigenvalue weighted by Crippen LogP contribution is 2.40. The van der Waals surface area contributed by atoms with Crippen molar-refractivity contribution in [3.63, 3.8) is 0 Å². The van der Waals surface area contributed by atoms with E-state index in [0.717, 1.165) is 19.4 Å². The predicted molar refractivity (Wildman–Crippen MR) is 84.3 cm³/mol. The topological polar surface area (TPSA) is 79.0 Å². The summed E-state index contributed by atoms with van der Waals surface area (Å²) in [6, 6.07) is -0.250. The number of hydrogen-bond acceptors (Lipinski definition) is 5. The fourth-order valence-electron chi connectivity index (χ4n) is 3.66. The number of sulfonamides is 1. The number of ether oxygens (including phenoxy) is 1. The van der Waals surface area contributed by atoms with Crippen molar-refractivity contribution in [2.24, 2.45) is 5.92 Å². The summed E-state index contributed by atoms with van der Waals surface area (Å²) in [5.74, 6) is 0.672. The van der Waals surface area contributed by atoms with Crippen molar-refractivity contribution in [3.8, 4) is 0 Å². The first-order valence-corrected chi connectivity index (χ1v) is 10.0. The number of carbonyl (C=O) groups is 1. The third-order valence-corrected chi connectivity index (χ3v) is 7.74. The lowest BCUT2D eigenvalue weighted by molar-refractivity contribution is -0.185. The lowest BCUT2D eigenvalue weighted by atomic mass is 9.92. The van der Waals surface area contributed by atoms with Crippen LogP contribution in [0.15, 0.2) is 0 Å². The van der Waals surface area contributed by atoms with Gasteiger partial charge in [-0.3, -0.25) is 9.69 Å². The molecule has 2 heterocycles. The molecule has 1 unspecified atom stereocenters. The zero-order valence-electron chi connectivity index (χ0n) is 13.5. The summed E-state index contributed by atoms with van der Waals surface area (Å²) < 4.78 is 32.1. The number of nitrogens with one attached hydrogen (secondary N) is 1. The second-order valence-corrected chi connectivity index (χ2v) is 9.72. The number of carbonyl (C=O) groups excluding carboxylic acids is 1. The summed E-state index contributed by atoms with van der Waals surface area (Å²) in [5.41, 5.74) is -0.415. The van der Waals surface area contributed by atoms with Gasteiger partial charge >= 0.3 is 0 Å². The second kappa shape index (κ2) is 5.40. The molecule has 23 heavy (non-hydrogen) atoms. The maximum absolute atomic E-state index is 12.3. The van der Waals surface area contributed by atoms with E-state index in [9.17, 15) is 13.2 Å². The fraction of sp³-hybridized carbons (Fsp3) is 0.933. The van der Waals surface area contributed by atoms with Crippen molar-refractivity contribution in [2.45, 2.75) is 42.6 Å². The molecule has 1 amide bonds. The first-order valence-electron chi connectivity index (χ1n) is 8.52. The Labute approximate surface area is 137 Å². The minimum absolute atomic E-state index is 0.0118. The molecule has 7 nitrogen and oxygen atoms in total. The number of likely N-dealkylation sites (N-methyl/N-ethyl adjacent to an activating group) is 1. The molecule has 1 N–H and O–H groups in total. The van der Waals surface area contributed by atoms with E-state index in [2.05, 4.69) is 10.2 Å². The Hall–Kier alpha value is -0.700. The van der Waals surface area contributed by atoms with E-state index in [1.54, 1.807) is 11.4 Å². The van der Waals surface area contributed by atoms with Gasteiger partial charge in [-0.2, -0.15) is 4.31 Å². The van der Waals surface area contributed by atoms with E-state index in [-0.39, 0.29) is 17.2 Å². The molecule has 4 fully saturated rings. The lowest BCUT2D eigenvalue weighted by Gasteiger charge is -2.54. The van der Waals surface area contributed by atoms with Gasteiger partial charge in [-0.25, -0.2) is 8.42 Å². The molecule has 4 rings (SSSR count). The van der Waals surface area contributed by atoms with Gasteiger partial charge in [0.1, 0.15) is 11.6 Å². The third-order valence-electron chi connectivity index (χ3n) is 5.45. The highest BCUT2D eigenvalue weighted by atomic mass is 32.2. The summed E-state index contributed by atoms with van der Waals surface area (Å²) in [4.78, 5) is 14.3. The van der Waals surface area contributed by atoms with Gasteiger partial charge in [0.05, 0.1) is 11.9 Å². The molecule has 0 radical (unpaired) electrons. The molecule has 2 aliphatic heterocycles. The van der Waals surface area contributed by atoms with Crippen LogP contribution in [0, 0.1) is 5.92 Å². The van der Waals surface area contributed by atoms with Crippen LogP contribution in [0.4, 0.5) is 0 Å². The molecular weight excluding hydrogens is 318 g/mol. The van der Waals surface area contributed by atoms with E-state index >= 15 is 0 Å². The Bertz CT molecular complexity index is 594. The molecule has 0 aromatic heterocycles. The number of rotatable bonds is 5. The van der Waals surface area contributed by atoms with E-state index in [1.165, 1.54) is 12.8 Å². The van der Waals surface area contributed by atoms with E-state index in [4.69, 9.17) is 4.74 Å². The van der Waals surface area contributed by atoms with E-state index < -0.39 is 15.6 Å². The Morgan fingerprint density at radius 1 is 1.22 bits per heavy atom. The minimum Gasteiger partial charge on any atom is -0.369 e. The maximum atomic E-state index is 12.3. The van der Waals surface area contributed by atoms with Crippen molar-refractivity contribution in [3.05, 3.63) is 0 Å². The standard InChI is InChI=1S/C15H25N3O4S/c1-16-14(19)13-7-22-15(8-17(13)6-11-2-3-11)9-18(10-15)23(20,21)12-4-5-12/h11-13H,2-10H2,1H3,(H,16,19). The molecule has 0 bridgehead atoms. The van der Waals surface area contributed by atoms with Crippen molar-refractivity contribution >= 4 is 15.9 Å². The molecule has 1 spiro atoms. The number of nitrogens with zero attached hydrogens (tertiary/aromatic N) is 2. The van der Waals surface area contributed by atoms with Crippen LogP contribution in [0.1, 0.15) is 25.7 Å². The first kappa shape index (κ1) is 15.8. The van der Waals surface area contributed by atoms with Crippen LogP contribution in [0.2, 0.25) is 0 Å². The van der Waals surface area contributed by atoms with Gasteiger partial charge in [-0.05, 0) is 31.6 Å². The first-order chi connectivity index (χ1) is 10.9. The highest BCUT2D eigenvalue weighted by Gasteiger charge is 2.56. The average molecular weight is 343 g/mol. The molecule has 130 valence electrons. The third kappa shape index (κ3) is 2.90. The molecule has 2 saturated carbocycles.